The van der Waals surface area contributed by atoms with Crippen LogP contribution < -0.4 is 5.32 Å². The zero-order valence-electron chi connectivity index (χ0n) is 56.4. The Hall–Kier alpha value is -2.44. The first kappa shape index (κ1) is 81.6. The Balaban J connectivity index is 3.39. The van der Waals surface area contributed by atoms with E-state index >= 15 is 0 Å². The van der Waals surface area contributed by atoms with Gasteiger partial charge in [-0.15, -0.1) is 0 Å². The molecule has 0 saturated heterocycles. The number of hydrogen-bond acceptors (Lipinski definition) is 5. The summed E-state index contributed by atoms with van der Waals surface area (Å²) >= 11 is 0. The van der Waals surface area contributed by atoms with E-state index in [1.165, 1.54) is 315 Å². The van der Waals surface area contributed by atoms with Crippen molar-refractivity contribution in [3.8, 4) is 0 Å². The summed E-state index contributed by atoms with van der Waals surface area (Å²) in [6, 6.07) is -0.627. The van der Waals surface area contributed by atoms with Gasteiger partial charge in [-0.3, -0.25) is 9.59 Å². The molecule has 1 amide bonds. The molecule has 6 heteroatoms. The zero-order chi connectivity index (χ0) is 60.6. The third-order valence-corrected chi connectivity index (χ3v) is 17.3. The highest BCUT2D eigenvalue weighted by molar-refractivity contribution is 5.76. The molecule has 0 radical (unpaired) electrons. The van der Waals surface area contributed by atoms with Gasteiger partial charge in [0.15, 0.2) is 0 Å². The molecule has 0 fully saturated rings. The number of allylic oxidation sites excluding steroid dienone is 9. The fourth-order valence-electron chi connectivity index (χ4n) is 11.5. The van der Waals surface area contributed by atoms with Crippen molar-refractivity contribution in [2.75, 3.05) is 13.2 Å². The second kappa shape index (κ2) is 73.0. The highest BCUT2D eigenvalue weighted by Gasteiger charge is 2.18. The molecule has 492 valence electrons. The molecule has 0 aromatic rings. The molecule has 0 heterocycles. The molecule has 0 aromatic carbocycles. The van der Waals surface area contributed by atoms with E-state index in [-0.39, 0.29) is 18.5 Å². The summed E-state index contributed by atoms with van der Waals surface area (Å²) < 4.78 is 5.49. The van der Waals surface area contributed by atoms with Gasteiger partial charge in [0.25, 0.3) is 0 Å². The molecule has 0 spiro atoms. The number of aliphatic hydroxyl groups is 2. The Kier molecular flexibility index (Phi) is 70.9. The molecular formula is C78H145NO5. The van der Waals surface area contributed by atoms with Gasteiger partial charge < -0.3 is 20.3 Å². The van der Waals surface area contributed by atoms with Crippen LogP contribution in [0.1, 0.15) is 399 Å². The minimum absolute atomic E-state index is 0.00246. The number of hydrogen-bond donors (Lipinski definition) is 3. The van der Waals surface area contributed by atoms with Crippen molar-refractivity contribution < 1.29 is 24.5 Å². The van der Waals surface area contributed by atoms with Crippen LogP contribution in [0.3, 0.4) is 0 Å². The van der Waals surface area contributed by atoms with Gasteiger partial charge in [0, 0.05) is 12.8 Å². The summed E-state index contributed by atoms with van der Waals surface area (Å²) in [4.78, 5) is 24.6. The Bertz CT molecular complexity index is 1450. The van der Waals surface area contributed by atoms with Gasteiger partial charge >= 0.3 is 5.97 Å². The fourth-order valence-corrected chi connectivity index (χ4v) is 11.5. The zero-order valence-corrected chi connectivity index (χ0v) is 56.4. The largest absolute Gasteiger partial charge is 0.466 e. The van der Waals surface area contributed by atoms with Gasteiger partial charge in [-0.05, 0) is 96.3 Å². The second-order valence-electron chi connectivity index (χ2n) is 25.6. The molecule has 0 bridgehead atoms. The number of carbonyl (C=O) groups is 2. The summed E-state index contributed by atoms with van der Waals surface area (Å²) in [5, 5.41) is 23.2. The molecule has 6 nitrogen and oxygen atoms in total. The Morgan fingerprint density at radius 3 is 0.929 bits per heavy atom. The molecule has 3 N–H and O–H groups in total. The van der Waals surface area contributed by atoms with E-state index in [1.54, 1.807) is 6.08 Å². The first-order chi connectivity index (χ1) is 41.5. The van der Waals surface area contributed by atoms with Crippen LogP contribution >= 0.6 is 0 Å². The molecule has 2 atom stereocenters. The van der Waals surface area contributed by atoms with Crippen molar-refractivity contribution in [2.45, 2.75) is 411 Å². The molecular weight excluding hydrogens is 1030 g/mol. The van der Waals surface area contributed by atoms with Crippen molar-refractivity contribution in [1.82, 2.24) is 5.32 Å². The van der Waals surface area contributed by atoms with Crippen LogP contribution in [-0.2, 0) is 14.3 Å². The highest BCUT2D eigenvalue weighted by atomic mass is 16.5. The number of ether oxygens (including phenoxy) is 1. The van der Waals surface area contributed by atoms with Gasteiger partial charge in [0.2, 0.25) is 5.91 Å². The molecule has 0 rings (SSSR count). The van der Waals surface area contributed by atoms with Crippen molar-refractivity contribution in [3.63, 3.8) is 0 Å². The van der Waals surface area contributed by atoms with Crippen LogP contribution in [-0.4, -0.2) is 47.4 Å². The van der Waals surface area contributed by atoms with Crippen LogP contribution in [0, 0.1) is 0 Å². The van der Waals surface area contributed by atoms with E-state index in [9.17, 15) is 19.8 Å². The third-order valence-electron chi connectivity index (χ3n) is 17.3. The predicted octanol–water partition coefficient (Wildman–Crippen LogP) is 24.6. The van der Waals surface area contributed by atoms with E-state index in [0.29, 0.717) is 19.4 Å². The standard InChI is InChI=1S/C78H145NO5/c1-3-5-7-9-11-13-15-17-19-39-43-46-50-54-58-62-66-70-76(81)75(74-80)79-77(82)71-67-63-59-55-51-47-44-40-37-35-33-31-29-27-25-23-21-20-22-24-26-28-30-32-34-36-38-41-45-49-53-57-61-65-69-73-84-78(83)72-68-64-60-56-52-48-42-18-16-14-12-10-8-6-4-2/h12,14,18,22,24,28,30,42,66,70,75-76,80-81H,3-11,13,15-17,19-21,23,25-27,29,31-41,43-65,67-69,71-74H2,1-2H3,(H,79,82)/b14-12-,24-22-,30-28-,42-18-,70-66+. The predicted molar refractivity (Wildman–Crippen MR) is 370 cm³/mol. The quantitative estimate of drug-likeness (QED) is 0.0320. The lowest BCUT2D eigenvalue weighted by Crippen LogP contribution is -2.45. The van der Waals surface area contributed by atoms with Crippen molar-refractivity contribution in [3.05, 3.63) is 60.8 Å². The third kappa shape index (κ3) is 68.7. The summed E-state index contributed by atoms with van der Waals surface area (Å²) in [5.74, 6) is -0.0607. The van der Waals surface area contributed by atoms with Crippen LogP contribution in [0.2, 0.25) is 0 Å². The topological polar surface area (TPSA) is 95.9 Å². The van der Waals surface area contributed by atoms with Gasteiger partial charge in [-0.1, -0.05) is 351 Å². The molecule has 0 aliphatic rings. The van der Waals surface area contributed by atoms with Crippen LogP contribution in [0.15, 0.2) is 60.8 Å². The smallest absolute Gasteiger partial charge is 0.305 e. The SMILES string of the molecule is CCCCC/C=C\C/C=C\CCCCCCCC(=O)OCCCCCCCCCCCCC/C=C\C/C=C\CCCCCCCCCCCCCCCCCCCC(=O)NC(CO)C(O)/C=C/CCCCCCCCCCCCCCCCC. The number of amides is 1. The van der Waals surface area contributed by atoms with Gasteiger partial charge in [-0.2, -0.15) is 0 Å². The van der Waals surface area contributed by atoms with Crippen molar-refractivity contribution in [2.24, 2.45) is 0 Å². The lowest BCUT2D eigenvalue weighted by Gasteiger charge is -2.20. The lowest BCUT2D eigenvalue weighted by molar-refractivity contribution is -0.143. The number of esters is 1. The number of aliphatic hydroxyl groups excluding tert-OH is 2. The number of unbranched alkanes of at least 4 members (excludes halogenated alkanes) is 51. The maximum absolute atomic E-state index is 12.5. The number of rotatable bonds is 70. The second-order valence-corrected chi connectivity index (χ2v) is 25.6. The van der Waals surface area contributed by atoms with Gasteiger partial charge in [-0.25, -0.2) is 0 Å². The molecule has 0 aliphatic heterocycles. The molecule has 0 aromatic heterocycles. The van der Waals surface area contributed by atoms with Crippen LogP contribution in [0.4, 0.5) is 0 Å². The minimum atomic E-state index is -0.844. The first-order valence-corrected chi connectivity index (χ1v) is 37.6. The molecule has 0 saturated carbocycles. The Morgan fingerprint density at radius 1 is 0.333 bits per heavy atom. The fraction of sp³-hybridized carbons (Fsp3) is 0.846. The maximum atomic E-state index is 12.5. The van der Waals surface area contributed by atoms with Gasteiger partial charge in [0.05, 0.1) is 25.4 Å². The highest BCUT2D eigenvalue weighted by Crippen LogP contribution is 2.18. The van der Waals surface area contributed by atoms with E-state index in [1.807, 2.05) is 6.08 Å². The monoisotopic (exact) mass is 1180 g/mol. The number of carbonyl (C=O) groups excluding carboxylic acids is 2. The first-order valence-electron chi connectivity index (χ1n) is 37.6. The normalized spacial score (nSPS) is 12.9. The summed E-state index contributed by atoms with van der Waals surface area (Å²) in [6.45, 7) is 4.90. The van der Waals surface area contributed by atoms with Crippen molar-refractivity contribution in [1.29, 1.82) is 0 Å². The molecule has 84 heavy (non-hydrogen) atoms. The minimum Gasteiger partial charge on any atom is -0.466 e. The molecule has 2 unspecified atom stereocenters. The maximum Gasteiger partial charge on any atom is 0.305 e. The Morgan fingerprint density at radius 2 is 0.595 bits per heavy atom. The average molecular weight is 1180 g/mol. The average Bonchev–Trinajstić information content (AvgIpc) is 3.51. The van der Waals surface area contributed by atoms with E-state index in [4.69, 9.17) is 4.74 Å². The van der Waals surface area contributed by atoms with Gasteiger partial charge in [0.1, 0.15) is 0 Å². The van der Waals surface area contributed by atoms with E-state index in [2.05, 4.69) is 67.8 Å². The van der Waals surface area contributed by atoms with Crippen molar-refractivity contribution >= 4 is 11.9 Å². The number of nitrogens with one attached hydrogen (secondary N) is 1. The lowest BCUT2D eigenvalue weighted by atomic mass is 10.0. The summed E-state index contributed by atoms with van der Waals surface area (Å²) in [6.07, 6.45) is 97.5. The van der Waals surface area contributed by atoms with E-state index < -0.39 is 12.1 Å². The summed E-state index contributed by atoms with van der Waals surface area (Å²) in [7, 11) is 0. The molecule has 0 aliphatic carbocycles. The van der Waals surface area contributed by atoms with Crippen LogP contribution in [0.25, 0.3) is 0 Å². The van der Waals surface area contributed by atoms with E-state index in [0.717, 1.165) is 57.8 Å². The van der Waals surface area contributed by atoms with Crippen LogP contribution in [0.5, 0.6) is 0 Å². The Labute approximate surface area is 524 Å². The summed E-state index contributed by atoms with van der Waals surface area (Å²) in [5.41, 5.74) is 0.